The Balaban J connectivity index is 1.24. The lowest BCUT2D eigenvalue weighted by atomic mass is 9.80. The van der Waals surface area contributed by atoms with Gasteiger partial charge >= 0.3 is 6.09 Å². The minimum Gasteiger partial charge on any atom is -0.486 e. The molecule has 210 valence electrons. The summed E-state index contributed by atoms with van der Waals surface area (Å²) in [6, 6.07) is 12.9. The van der Waals surface area contributed by atoms with Gasteiger partial charge in [-0.05, 0) is 49.6 Å². The average Bonchev–Trinajstić information content (AvgIpc) is 3.25. The van der Waals surface area contributed by atoms with Crippen molar-refractivity contribution in [2.75, 3.05) is 46.9 Å². The Kier molecular flexibility index (Phi) is 7.34. The zero-order valence-electron chi connectivity index (χ0n) is 22.8. The number of carbonyl (C=O) groups is 2. The summed E-state index contributed by atoms with van der Waals surface area (Å²) >= 11 is 0. The first-order chi connectivity index (χ1) is 18.5. The molecule has 0 bridgehead atoms. The van der Waals surface area contributed by atoms with Crippen LogP contribution in [0.4, 0.5) is 4.79 Å². The zero-order valence-corrected chi connectivity index (χ0v) is 23.6. The summed E-state index contributed by atoms with van der Waals surface area (Å²) < 4.78 is 44.7. The zero-order chi connectivity index (χ0) is 27.9. The molecule has 2 amide bonds. The van der Waals surface area contributed by atoms with Gasteiger partial charge in [-0.3, -0.25) is 4.79 Å². The van der Waals surface area contributed by atoms with E-state index in [0.29, 0.717) is 49.6 Å². The molecule has 11 heteroatoms. The van der Waals surface area contributed by atoms with Crippen LogP contribution in [0.15, 0.2) is 42.5 Å². The number of methoxy groups -OCH3 is 2. The lowest BCUT2D eigenvalue weighted by molar-refractivity contribution is -0.0627. The smallest absolute Gasteiger partial charge is 0.409 e. The first-order valence-corrected chi connectivity index (χ1v) is 14.6. The van der Waals surface area contributed by atoms with Crippen molar-refractivity contribution in [2.24, 2.45) is 0 Å². The molecule has 2 unspecified atom stereocenters. The minimum absolute atomic E-state index is 0.0607. The maximum Gasteiger partial charge on any atom is 0.409 e. The number of nitrogens with zero attached hydrogens (tertiary/aromatic N) is 3. The molecule has 3 heterocycles. The van der Waals surface area contributed by atoms with E-state index in [2.05, 4.69) is 0 Å². The Bertz CT molecular complexity index is 1370. The molecular weight excluding hydrogens is 522 g/mol. The highest BCUT2D eigenvalue weighted by atomic mass is 32.2. The topological polar surface area (TPSA) is 106 Å². The highest BCUT2D eigenvalue weighted by Gasteiger charge is 2.59. The Labute approximate surface area is 229 Å². The maximum atomic E-state index is 13.3. The van der Waals surface area contributed by atoms with Gasteiger partial charge in [0.1, 0.15) is 18.0 Å². The molecule has 39 heavy (non-hydrogen) atoms. The van der Waals surface area contributed by atoms with E-state index in [1.54, 1.807) is 36.3 Å². The molecule has 2 aromatic carbocycles. The van der Waals surface area contributed by atoms with Crippen LogP contribution in [0.25, 0.3) is 0 Å². The Hall–Kier alpha value is -3.15. The van der Waals surface area contributed by atoms with Crippen molar-refractivity contribution in [2.45, 2.75) is 43.8 Å². The van der Waals surface area contributed by atoms with E-state index in [4.69, 9.17) is 14.2 Å². The second-order valence-corrected chi connectivity index (χ2v) is 12.6. The summed E-state index contributed by atoms with van der Waals surface area (Å²) in [4.78, 5) is 28.3. The highest BCUT2D eigenvalue weighted by Crippen LogP contribution is 2.42. The van der Waals surface area contributed by atoms with Gasteiger partial charge < -0.3 is 24.0 Å². The van der Waals surface area contributed by atoms with E-state index in [0.717, 1.165) is 17.5 Å². The Morgan fingerprint density at radius 2 is 1.74 bits per heavy atom. The van der Waals surface area contributed by atoms with Gasteiger partial charge in [0, 0.05) is 32.3 Å². The number of rotatable bonds is 7. The molecule has 2 aromatic rings. The third-order valence-electron chi connectivity index (χ3n) is 8.01. The van der Waals surface area contributed by atoms with Crippen LogP contribution < -0.4 is 4.74 Å². The van der Waals surface area contributed by atoms with Gasteiger partial charge in [-0.1, -0.05) is 29.8 Å². The standard InChI is InChI=1S/C28H35N3O7S/c1-19-8-9-20(2)23(12-19)26(32)29-14-24(36-3)25(15-29)38-22-7-5-6-21(13-22)16-39(34,35)31-11-10-28(31)17-30(18-28)27(33)37-4/h5-9,12-13,24-25H,10-11,14-18H2,1-4H3. The lowest BCUT2D eigenvalue weighted by Gasteiger charge is -2.60. The number of ether oxygens (including phenoxy) is 3. The molecular formula is C28H35N3O7S. The van der Waals surface area contributed by atoms with Crippen molar-refractivity contribution < 1.29 is 32.2 Å². The number of carbonyl (C=O) groups excluding carboxylic acids is 2. The van der Waals surface area contributed by atoms with Gasteiger partial charge in [-0.15, -0.1) is 0 Å². The van der Waals surface area contributed by atoms with Crippen LogP contribution in [0.2, 0.25) is 0 Å². The number of sulfonamides is 1. The second-order valence-electron chi connectivity index (χ2n) is 10.7. The van der Waals surface area contributed by atoms with Crippen molar-refractivity contribution in [1.82, 2.24) is 14.1 Å². The van der Waals surface area contributed by atoms with Crippen LogP contribution in [0.1, 0.15) is 33.5 Å². The number of hydrogen-bond donors (Lipinski definition) is 0. The molecule has 3 saturated heterocycles. The van der Waals surface area contributed by atoms with Crippen LogP contribution in [0.5, 0.6) is 5.75 Å². The third kappa shape index (κ3) is 5.22. The van der Waals surface area contributed by atoms with Gasteiger partial charge in [-0.2, -0.15) is 4.31 Å². The number of benzene rings is 2. The van der Waals surface area contributed by atoms with Gasteiger partial charge in [-0.25, -0.2) is 13.2 Å². The van der Waals surface area contributed by atoms with E-state index in [1.807, 2.05) is 32.0 Å². The SMILES string of the molecule is COC(=O)N1CC2(CCN2S(=O)(=O)Cc2cccc(OC3CN(C(=O)c4cc(C)ccc4C)CC3OC)c2)C1. The van der Waals surface area contributed by atoms with Crippen molar-refractivity contribution in [3.05, 3.63) is 64.7 Å². The van der Waals surface area contributed by atoms with E-state index < -0.39 is 27.8 Å². The van der Waals surface area contributed by atoms with Crippen molar-refractivity contribution in [3.8, 4) is 5.75 Å². The first-order valence-electron chi connectivity index (χ1n) is 13.0. The second kappa shape index (κ2) is 10.4. The molecule has 2 atom stereocenters. The molecule has 0 aliphatic carbocycles. The predicted octanol–water partition coefficient (Wildman–Crippen LogP) is 2.58. The number of aryl methyl sites for hydroxylation is 2. The maximum absolute atomic E-state index is 13.3. The summed E-state index contributed by atoms with van der Waals surface area (Å²) in [5.41, 5.74) is 2.69. The monoisotopic (exact) mass is 557 g/mol. The third-order valence-corrected chi connectivity index (χ3v) is 9.95. The van der Waals surface area contributed by atoms with Crippen LogP contribution in [0.3, 0.4) is 0 Å². The van der Waals surface area contributed by atoms with E-state index in [1.165, 1.54) is 16.3 Å². The van der Waals surface area contributed by atoms with Crippen LogP contribution in [0, 0.1) is 13.8 Å². The largest absolute Gasteiger partial charge is 0.486 e. The molecule has 1 spiro atoms. The normalized spacial score (nSPS) is 22.4. The summed E-state index contributed by atoms with van der Waals surface area (Å²) in [6.45, 7) is 5.78. The molecule has 0 N–H and O–H groups in total. The fourth-order valence-electron chi connectivity index (χ4n) is 5.75. The first kappa shape index (κ1) is 27.4. The van der Waals surface area contributed by atoms with Crippen molar-refractivity contribution >= 4 is 22.0 Å². The molecule has 3 aliphatic heterocycles. The Morgan fingerprint density at radius 3 is 2.41 bits per heavy atom. The van der Waals surface area contributed by atoms with E-state index in [-0.39, 0.29) is 17.8 Å². The minimum atomic E-state index is -3.60. The van der Waals surface area contributed by atoms with Gasteiger partial charge in [0.25, 0.3) is 5.91 Å². The molecule has 0 aromatic heterocycles. The van der Waals surface area contributed by atoms with Gasteiger partial charge in [0.2, 0.25) is 10.0 Å². The van der Waals surface area contributed by atoms with Gasteiger partial charge in [0.05, 0.1) is 31.5 Å². The highest BCUT2D eigenvalue weighted by molar-refractivity contribution is 7.88. The van der Waals surface area contributed by atoms with Gasteiger partial charge in [0.15, 0.2) is 0 Å². The molecule has 0 saturated carbocycles. The number of likely N-dealkylation sites (tertiary alicyclic amines) is 2. The molecule has 10 nitrogen and oxygen atoms in total. The fourth-order valence-corrected chi connectivity index (χ4v) is 7.67. The van der Waals surface area contributed by atoms with Crippen molar-refractivity contribution in [1.29, 1.82) is 0 Å². The summed E-state index contributed by atoms with van der Waals surface area (Å²) in [5.74, 6) is 0.295. The quantitative estimate of drug-likeness (QED) is 0.515. The summed E-state index contributed by atoms with van der Waals surface area (Å²) in [6.07, 6.45) is -0.428. The lowest BCUT2D eigenvalue weighted by Crippen LogP contribution is -2.78. The van der Waals surface area contributed by atoms with E-state index >= 15 is 0 Å². The predicted molar refractivity (Wildman–Crippen MR) is 144 cm³/mol. The van der Waals surface area contributed by atoms with Crippen LogP contribution in [-0.2, 0) is 25.2 Å². The summed E-state index contributed by atoms with van der Waals surface area (Å²) in [5, 5.41) is 0. The van der Waals surface area contributed by atoms with Crippen LogP contribution >= 0.6 is 0 Å². The molecule has 5 rings (SSSR count). The molecule has 0 radical (unpaired) electrons. The molecule has 3 fully saturated rings. The number of hydrogen-bond acceptors (Lipinski definition) is 7. The average molecular weight is 558 g/mol. The number of amides is 2. The van der Waals surface area contributed by atoms with Crippen LogP contribution in [-0.4, -0.2) is 99.2 Å². The van der Waals surface area contributed by atoms with E-state index in [9.17, 15) is 18.0 Å². The fraction of sp³-hybridized carbons (Fsp3) is 0.500. The Morgan fingerprint density at radius 1 is 1.00 bits per heavy atom. The molecule has 3 aliphatic rings. The van der Waals surface area contributed by atoms with Crippen molar-refractivity contribution in [3.63, 3.8) is 0 Å². The summed E-state index contributed by atoms with van der Waals surface area (Å²) in [7, 11) is -0.681.